The summed E-state index contributed by atoms with van der Waals surface area (Å²) in [5.74, 6) is -0.353. The first-order valence-electron chi connectivity index (χ1n) is 4.65. The molecule has 0 amide bonds. The second-order valence-corrected chi connectivity index (χ2v) is 4.17. The Labute approximate surface area is 91.8 Å². The number of nitrogens with zero attached hydrogens (tertiary/aromatic N) is 1. The largest absolute Gasteiger partial charge is 0.235 e. The molecule has 0 heterocycles. The molecule has 78 valence electrons. The van der Waals surface area contributed by atoms with E-state index in [1.54, 1.807) is 6.92 Å². The third kappa shape index (κ3) is 1.58. The quantitative estimate of drug-likeness (QED) is 0.562. The van der Waals surface area contributed by atoms with Crippen molar-refractivity contribution in [1.29, 1.82) is 0 Å². The van der Waals surface area contributed by atoms with Gasteiger partial charge in [0.15, 0.2) is 0 Å². The first-order valence-corrected chi connectivity index (χ1v) is 5.03. The lowest BCUT2D eigenvalue weighted by molar-refractivity contribution is 0.546. The van der Waals surface area contributed by atoms with E-state index in [1.165, 1.54) is 18.2 Å². The Morgan fingerprint density at radius 2 is 2.20 bits per heavy atom. The van der Waals surface area contributed by atoms with Crippen molar-refractivity contribution in [3.63, 3.8) is 0 Å². The SMILES string of the molecule is Cc1c(Cl)ccc(F)c1C1(N=C=O)CC1. The topological polar surface area (TPSA) is 29.4 Å². The maximum atomic E-state index is 13.6. The van der Waals surface area contributed by atoms with Crippen LogP contribution in [0.3, 0.4) is 0 Å². The number of hydrogen-bond donors (Lipinski definition) is 0. The highest BCUT2D eigenvalue weighted by Crippen LogP contribution is 2.51. The van der Waals surface area contributed by atoms with Crippen LogP contribution in [0, 0.1) is 12.7 Å². The number of benzene rings is 1. The molecule has 0 bridgehead atoms. The molecule has 1 aromatic rings. The summed E-state index contributed by atoms with van der Waals surface area (Å²) in [5, 5.41) is 0.499. The van der Waals surface area contributed by atoms with E-state index in [4.69, 9.17) is 11.6 Å². The van der Waals surface area contributed by atoms with E-state index in [9.17, 15) is 9.18 Å². The highest BCUT2D eigenvalue weighted by Gasteiger charge is 2.47. The Morgan fingerprint density at radius 1 is 1.53 bits per heavy atom. The second-order valence-electron chi connectivity index (χ2n) is 3.76. The average molecular weight is 226 g/mol. The number of halogens is 2. The molecule has 2 rings (SSSR count). The Balaban J connectivity index is 2.62. The monoisotopic (exact) mass is 225 g/mol. The van der Waals surface area contributed by atoms with Gasteiger partial charge in [-0.2, -0.15) is 4.99 Å². The van der Waals surface area contributed by atoms with Crippen LogP contribution in [0.2, 0.25) is 5.02 Å². The van der Waals surface area contributed by atoms with Crippen LogP contribution >= 0.6 is 11.6 Å². The van der Waals surface area contributed by atoms with Crippen molar-refractivity contribution < 1.29 is 9.18 Å². The van der Waals surface area contributed by atoms with Gasteiger partial charge >= 0.3 is 0 Å². The maximum Gasteiger partial charge on any atom is 0.235 e. The zero-order valence-corrected chi connectivity index (χ0v) is 8.94. The van der Waals surface area contributed by atoms with Gasteiger partial charge in [-0.1, -0.05) is 11.6 Å². The molecule has 0 radical (unpaired) electrons. The lowest BCUT2D eigenvalue weighted by Crippen LogP contribution is -2.08. The van der Waals surface area contributed by atoms with Gasteiger partial charge in [-0.25, -0.2) is 9.18 Å². The van der Waals surface area contributed by atoms with E-state index < -0.39 is 5.54 Å². The van der Waals surface area contributed by atoms with Crippen LogP contribution in [-0.2, 0) is 10.3 Å². The summed E-state index contributed by atoms with van der Waals surface area (Å²) in [6.45, 7) is 1.74. The van der Waals surface area contributed by atoms with E-state index in [2.05, 4.69) is 4.99 Å². The standard InChI is InChI=1S/C11H9ClFNO/c1-7-8(12)2-3-9(13)10(7)11(4-5-11)14-6-15/h2-3H,4-5H2,1H3. The van der Waals surface area contributed by atoms with Gasteiger partial charge in [0, 0.05) is 10.6 Å². The molecule has 1 aliphatic rings. The number of isocyanates is 1. The molecule has 1 fully saturated rings. The molecule has 0 N–H and O–H groups in total. The van der Waals surface area contributed by atoms with E-state index in [0.29, 0.717) is 29.0 Å². The summed E-state index contributed by atoms with van der Waals surface area (Å²) in [5.41, 5.74) is 0.410. The molecule has 1 aliphatic carbocycles. The van der Waals surface area contributed by atoms with Crippen molar-refractivity contribution in [3.05, 3.63) is 34.1 Å². The minimum Gasteiger partial charge on any atom is -0.211 e. The van der Waals surface area contributed by atoms with Crippen molar-refractivity contribution in [2.45, 2.75) is 25.3 Å². The first-order chi connectivity index (χ1) is 7.10. The fourth-order valence-corrected chi connectivity index (χ4v) is 2.01. The fraction of sp³-hybridized carbons (Fsp3) is 0.364. The Hall–Kier alpha value is -1.18. The Bertz CT molecular complexity index is 462. The lowest BCUT2D eigenvalue weighted by Gasteiger charge is -2.13. The molecular weight excluding hydrogens is 217 g/mol. The minimum absolute atomic E-state index is 0.353. The van der Waals surface area contributed by atoms with E-state index in [0.717, 1.165) is 0 Å². The first kappa shape index (κ1) is 10.3. The third-order valence-corrected chi connectivity index (χ3v) is 3.21. The van der Waals surface area contributed by atoms with Gasteiger partial charge < -0.3 is 0 Å². The molecular formula is C11H9ClFNO. The number of aliphatic imine (C=N–C) groups is 1. The summed E-state index contributed by atoms with van der Waals surface area (Å²) >= 11 is 5.91. The van der Waals surface area contributed by atoms with Crippen molar-refractivity contribution in [3.8, 4) is 0 Å². The molecule has 0 unspecified atom stereocenters. The van der Waals surface area contributed by atoms with E-state index in [1.807, 2.05) is 0 Å². The van der Waals surface area contributed by atoms with Crippen LogP contribution in [-0.4, -0.2) is 6.08 Å². The van der Waals surface area contributed by atoms with Crippen molar-refractivity contribution in [2.24, 2.45) is 4.99 Å². The van der Waals surface area contributed by atoms with E-state index in [-0.39, 0.29) is 5.82 Å². The zero-order valence-electron chi connectivity index (χ0n) is 8.18. The predicted octanol–water partition coefficient (Wildman–Crippen LogP) is 3.11. The molecule has 0 saturated heterocycles. The van der Waals surface area contributed by atoms with Gasteiger partial charge in [0.25, 0.3) is 0 Å². The molecule has 0 aromatic heterocycles. The van der Waals surface area contributed by atoms with E-state index >= 15 is 0 Å². The van der Waals surface area contributed by atoms with Crippen molar-refractivity contribution in [1.82, 2.24) is 0 Å². The molecule has 2 nitrogen and oxygen atoms in total. The fourth-order valence-electron chi connectivity index (χ4n) is 1.85. The van der Waals surface area contributed by atoms with Gasteiger partial charge in [0.2, 0.25) is 6.08 Å². The third-order valence-electron chi connectivity index (χ3n) is 2.80. The van der Waals surface area contributed by atoms with Gasteiger partial charge in [-0.05, 0) is 37.5 Å². The molecule has 0 atom stereocenters. The van der Waals surface area contributed by atoms with Gasteiger partial charge in [-0.15, -0.1) is 0 Å². The van der Waals surface area contributed by atoms with Gasteiger partial charge in [-0.3, -0.25) is 0 Å². The van der Waals surface area contributed by atoms with Crippen LogP contribution in [0.1, 0.15) is 24.0 Å². The number of rotatable bonds is 2. The number of carbonyl (C=O) groups excluding carboxylic acids is 1. The Kier molecular flexibility index (Phi) is 2.37. The number of hydrogen-bond acceptors (Lipinski definition) is 2. The summed E-state index contributed by atoms with van der Waals surface area (Å²) in [6, 6.07) is 2.82. The van der Waals surface area contributed by atoms with Gasteiger partial charge in [0.05, 0.1) is 0 Å². The van der Waals surface area contributed by atoms with Crippen LogP contribution in [0.25, 0.3) is 0 Å². The van der Waals surface area contributed by atoms with Crippen LogP contribution in [0.15, 0.2) is 17.1 Å². The van der Waals surface area contributed by atoms with Crippen molar-refractivity contribution >= 4 is 17.7 Å². The zero-order chi connectivity index (χ0) is 11.1. The normalized spacial score (nSPS) is 17.0. The molecule has 1 saturated carbocycles. The van der Waals surface area contributed by atoms with Crippen LogP contribution < -0.4 is 0 Å². The smallest absolute Gasteiger partial charge is 0.211 e. The summed E-state index contributed by atoms with van der Waals surface area (Å²) in [4.78, 5) is 14.0. The van der Waals surface area contributed by atoms with Crippen LogP contribution in [0.4, 0.5) is 4.39 Å². The molecule has 0 spiro atoms. The second kappa shape index (κ2) is 3.44. The highest BCUT2D eigenvalue weighted by atomic mass is 35.5. The lowest BCUT2D eigenvalue weighted by atomic mass is 9.99. The molecule has 4 heteroatoms. The minimum atomic E-state index is -0.694. The molecule has 15 heavy (non-hydrogen) atoms. The van der Waals surface area contributed by atoms with Gasteiger partial charge in [0.1, 0.15) is 11.4 Å². The summed E-state index contributed by atoms with van der Waals surface area (Å²) in [7, 11) is 0. The summed E-state index contributed by atoms with van der Waals surface area (Å²) < 4.78 is 13.6. The summed E-state index contributed by atoms with van der Waals surface area (Å²) in [6.07, 6.45) is 2.87. The molecule has 0 aliphatic heterocycles. The molecule has 1 aromatic carbocycles. The Morgan fingerprint density at radius 3 is 2.73 bits per heavy atom. The average Bonchev–Trinajstić information content (AvgIpc) is 2.94. The maximum absolute atomic E-state index is 13.6. The highest BCUT2D eigenvalue weighted by molar-refractivity contribution is 6.31. The van der Waals surface area contributed by atoms with Crippen molar-refractivity contribution in [2.75, 3.05) is 0 Å². The van der Waals surface area contributed by atoms with Crippen LogP contribution in [0.5, 0.6) is 0 Å². The predicted molar refractivity (Wildman–Crippen MR) is 55.2 cm³/mol.